The minimum absolute atomic E-state index is 0.284. The topological polar surface area (TPSA) is 20.2 Å². The first kappa shape index (κ1) is 15.9. The molecule has 0 aliphatic carbocycles. The lowest BCUT2D eigenvalue weighted by atomic mass is 9.86. The lowest BCUT2D eigenvalue weighted by Gasteiger charge is -2.23. The molecule has 1 unspecified atom stereocenters. The zero-order valence-corrected chi connectivity index (χ0v) is 12.7. The molecule has 3 aromatic rings. The van der Waals surface area contributed by atoms with Gasteiger partial charge >= 0.3 is 0 Å². The van der Waals surface area contributed by atoms with Crippen molar-refractivity contribution < 1.29 is 13.9 Å². The van der Waals surface area contributed by atoms with Crippen molar-refractivity contribution in [1.29, 1.82) is 0 Å². The van der Waals surface area contributed by atoms with Crippen LogP contribution in [-0.4, -0.2) is 5.11 Å². The van der Waals surface area contributed by atoms with Crippen LogP contribution in [0.2, 0.25) is 0 Å². The first-order valence-corrected chi connectivity index (χ1v) is 7.36. The third-order valence-corrected chi connectivity index (χ3v) is 3.95. The molecular weight excluding hydrogens is 306 g/mol. The van der Waals surface area contributed by atoms with Crippen LogP contribution in [-0.2, 0) is 5.60 Å². The van der Waals surface area contributed by atoms with Crippen molar-refractivity contribution in [2.75, 3.05) is 0 Å². The van der Waals surface area contributed by atoms with Crippen molar-refractivity contribution in [3.05, 3.63) is 95.6 Å². The summed E-state index contributed by atoms with van der Waals surface area (Å²) in [5.74, 6) is 1.15. The molecule has 1 N–H and O–H groups in total. The normalized spacial score (nSPS) is 13.1. The summed E-state index contributed by atoms with van der Waals surface area (Å²) >= 11 is 0. The van der Waals surface area contributed by atoms with Gasteiger partial charge in [0, 0.05) is 22.8 Å². The molecule has 0 fully saturated rings. The van der Waals surface area contributed by atoms with Crippen molar-refractivity contribution >= 4 is 0 Å². The van der Waals surface area contributed by atoms with Crippen LogP contribution in [0.1, 0.15) is 11.1 Å². The molecule has 0 aliphatic rings. The molecule has 0 amide bonds. The second-order valence-corrected chi connectivity index (χ2v) is 5.42. The fraction of sp³-hybridized carbons (Fsp3) is 0.0476. The average molecular weight is 320 g/mol. The Balaban J connectivity index is 2.01. The van der Waals surface area contributed by atoms with E-state index in [1.165, 1.54) is 12.1 Å². The Labute approximate surface area is 139 Å². The smallest absolute Gasteiger partial charge is 0.176 e. The standard InChI is InChI=1S/C21H14F2O/c1-2-21(24,16-6-4-3-5-7-16)17-10-8-15(9-11-17)19-13-12-18(22)14-20(19)23/h1,3-14,24H. The van der Waals surface area contributed by atoms with E-state index in [-0.39, 0.29) is 5.56 Å². The maximum atomic E-state index is 13.9. The van der Waals surface area contributed by atoms with Crippen LogP contribution in [0.25, 0.3) is 11.1 Å². The Kier molecular flexibility index (Phi) is 4.16. The summed E-state index contributed by atoms with van der Waals surface area (Å²) in [6.45, 7) is 0. The number of aliphatic hydroxyl groups is 1. The van der Waals surface area contributed by atoms with Crippen LogP contribution < -0.4 is 0 Å². The largest absolute Gasteiger partial charge is 0.369 e. The molecule has 24 heavy (non-hydrogen) atoms. The lowest BCUT2D eigenvalue weighted by molar-refractivity contribution is 0.145. The third kappa shape index (κ3) is 2.80. The van der Waals surface area contributed by atoms with Crippen LogP contribution in [0.5, 0.6) is 0 Å². The summed E-state index contributed by atoms with van der Waals surface area (Å²) in [6.07, 6.45) is 5.56. The Morgan fingerprint density at radius 2 is 1.46 bits per heavy atom. The fourth-order valence-corrected chi connectivity index (χ4v) is 2.63. The molecule has 3 aromatic carbocycles. The summed E-state index contributed by atoms with van der Waals surface area (Å²) in [7, 11) is 0. The molecule has 1 atom stereocenters. The van der Waals surface area contributed by atoms with E-state index >= 15 is 0 Å². The van der Waals surface area contributed by atoms with Crippen molar-refractivity contribution in [2.24, 2.45) is 0 Å². The van der Waals surface area contributed by atoms with Gasteiger partial charge in [-0.25, -0.2) is 8.78 Å². The van der Waals surface area contributed by atoms with E-state index in [2.05, 4.69) is 5.92 Å². The monoisotopic (exact) mass is 320 g/mol. The minimum Gasteiger partial charge on any atom is -0.369 e. The summed E-state index contributed by atoms with van der Waals surface area (Å²) in [4.78, 5) is 0. The maximum Gasteiger partial charge on any atom is 0.176 e. The highest BCUT2D eigenvalue weighted by atomic mass is 19.1. The van der Waals surface area contributed by atoms with E-state index in [4.69, 9.17) is 6.42 Å². The van der Waals surface area contributed by atoms with E-state index < -0.39 is 17.2 Å². The fourth-order valence-electron chi connectivity index (χ4n) is 2.63. The molecule has 3 rings (SSSR count). The molecule has 3 heteroatoms. The van der Waals surface area contributed by atoms with Gasteiger partial charge in [-0.15, -0.1) is 6.42 Å². The average Bonchev–Trinajstić information content (AvgIpc) is 2.62. The molecule has 0 saturated carbocycles. The molecule has 0 aliphatic heterocycles. The van der Waals surface area contributed by atoms with E-state index in [1.807, 2.05) is 6.07 Å². The summed E-state index contributed by atoms with van der Waals surface area (Å²) in [6, 6.07) is 18.9. The third-order valence-electron chi connectivity index (χ3n) is 3.95. The number of terminal acetylenes is 1. The van der Waals surface area contributed by atoms with Gasteiger partial charge in [0.05, 0.1) is 0 Å². The zero-order chi connectivity index (χ0) is 17.2. The maximum absolute atomic E-state index is 13.9. The Hall–Kier alpha value is -2.96. The van der Waals surface area contributed by atoms with Gasteiger partial charge in [-0.3, -0.25) is 0 Å². The van der Waals surface area contributed by atoms with Gasteiger partial charge < -0.3 is 5.11 Å². The van der Waals surface area contributed by atoms with E-state index in [0.29, 0.717) is 16.7 Å². The van der Waals surface area contributed by atoms with Crippen LogP contribution in [0.4, 0.5) is 8.78 Å². The number of halogens is 2. The molecule has 0 spiro atoms. The highest BCUT2D eigenvalue weighted by Crippen LogP contribution is 2.31. The van der Waals surface area contributed by atoms with E-state index in [1.54, 1.807) is 48.5 Å². The molecule has 0 radical (unpaired) electrons. The van der Waals surface area contributed by atoms with Gasteiger partial charge in [0.2, 0.25) is 0 Å². The highest BCUT2D eigenvalue weighted by molar-refractivity contribution is 5.65. The zero-order valence-electron chi connectivity index (χ0n) is 12.7. The second-order valence-electron chi connectivity index (χ2n) is 5.42. The number of hydrogen-bond acceptors (Lipinski definition) is 1. The number of hydrogen-bond donors (Lipinski definition) is 1. The van der Waals surface area contributed by atoms with Gasteiger partial charge in [0.25, 0.3) is 0 Å². The van der Waals surface area contributed by atoms with Gasteiger partial charge in [-0.1, -0.05) is 60.5 Å². The van der Waals surface area contributed by atoms with Crippen molar-refractivity contribution in [3.8, 4) is 23.5 Å². The first-order valence-electron chi connectivity index (χ1n) is 7.36. The van der Waals surface area contributed by atoms with Gasteiger partial charge in [-0.05, 0) is 17.7 Å². The predicted octanol–water partition coefficient (Wildman–Crippen LogP) is 4.50. The quantitative estimate of drug-likeness (QED) is 0.705. The molecular formula is C21H14F2O. The van der Waals surface area contributed by atoms with E-state index in [9.17, 15) is 13.9 Å². The van der Waals surface area contributed by atoms with Crippen LogP contribution >= 0.6 is 0 Å². The number of rotatable bonds is 3. The van der Waals surface area contributed by atoms with Crippen molar-refractivity contribution in [1.82, 2.24) is 0 Å². The molecule has 0 aromatic heterocycles. The van der Waals surface area contributed by atoms with E-state index in [0.717, 1.165) is 6.07 Å². The SMILES string of the molecule is C#CC(O)(c1ccccc1)c1ccc(-c2ccc(F)cc2F)cc1. The molecule has 118 valence electrons. The van der Waals surface area contributed by atoms with Gasteiger partial charge in [0.15, 0.2) is 5.60 Å². The predicted molar refractivity (Wildman–Crippen MR) is 90.1 cm³/mol. The Morgan fingerprint density at radius 3 is 2.04 bits per heavy atom. The molecule has 0 heterocycles. The number of benzene rings is 3. The summed E-state index contributed by atoms with van der Waals surface area (Å²) in [5.41, 5.74) is 0.368. The molecule has 0 bridgehead atoms. The summed E-state index contributed by atoms with van der Waals surface area (Å²) < 4.78 is 26.9. The minimum atomic E-state index is -1.57. The second kappa shape index (κ2) is 6.27. The van der Waals surface area contributed by atoms with Crippen molar-refractivity contribution in [3.63, 3.8) is 0 Å². The van der Waals surface area contributed by atoms with Gasteiger partial charge in [-0.2, -0.15) is 0 Å². The molecule has 1 nitrogen and oxygen atoms in total. The highest BCUT2D eigenvalue weighted by Gasteiger charge is 2.28. The van der Waals surface area contributed by atoms with Crippen LogP contribution in [0, 0.1) is 24.0 Å². The lowest BCUT2D eigenvalue weighted by Crippen LogP contribution is -2.24. The molecule has 0 saturated heterocycles. The Morgan fingerprint density at radius 1 is 0.833 bits per heavy atom. The van der Waals surface area contributed by atoms with Crippen LogP contribution in [0.3, 0.4) is 0 Å². The first-order chi connectivity index (χ1) is 11.5. The Bertz CT molecular complexity index is 895. The van der Waals surface area contributed by atoms with Gasteiger partial charge in [0.1, 0.15) is 11.6 Å². The summed E-state index contributed by atoms with van der Waals surface area (Å²) in [5, 5.41) is 10.9. The van der Waals surface area contributed by atoms with Crippen LogP contribution in [0.15, 0.2) is 72.8 Å². The van der Waals surface area contributed by atoms with Crippen molar-refractivity contribution in [2.45, 2.75) is 5.60 Å².